The molecule has 0 atom stereocenters. The lowest BCUT2D eigenvalue weighted by molar-refractivity contribution is 0.969. The van der Waals surface area contributed by atoms with Crippen LogP contribution in [0.1, 0.15) is 0 Å². The van der Waals surface area contributed by atoms with E-state index in [-0.39, 0.29) is 0 Å². The zero-order valence-electron chi connectivity index (χ0n) is 6.70. The second kappa shape index (κ2) is 1.81. The first-order chi connectivity index (χ1) is 5.20. The van der Waals surface area contributed by atoms with Crippen LogP contribution in [-0.4, -0.2) is 9.13 Å². The molecule has 2 N–H and O–H groups in total. The van der Waals surface area contributed by atoms with E-state index < -0.39 is 0 Å². The number of aromatic nitrogens is 2. The van der Waals surface area contributed by atoms with Crippen molar-refractivity contribution in [2.75, 3.05) is 5.73 Å². The SMILES string of the molecule is Cn1cc(N)c2c1ccn2C. The van der Waals surface area contributed by atoms with E-state index in [4.69, 9.17) is 5.73 Å². The Hall–Kier alpha value is -1.38. The van der Waals surface area contributed by atoms with E-state index in [0.29, 0.717) is 0 Å². The average Bonchev–Trinajstić information content (AvgIpc) is 2.41. The highest BCUT2D eigenvalue weighted by Gasteiger charge is 2.05. The van der Waals surface area contributed by atoms with E-state index >= 15 is 0 Å². The smallest absolute Gasteiger partial charge is 0.0893 e. The third-order valence-corrected chi connectivity index (χ3v) is 2.04. The molecule has 58 valence electrons. The Balaban J connectivity index is 2.98. The summed E-state index contributed by atoms with van der Waals surface area (Å²) in [5.41, 5.74) is 8.93. The molecular weight excluding hydrogens is 138 g/mol. The first-order valence-electron chi connectivity index (χ1n) is 3.56. The van der Waals surface area contributed by atoms with Gasteiger partial charge in [-0.05, 0) is 6.07 Å². The second-order valence-electron chi connectivity index (χ2n) is 2.86. The van der Waals surface area contributed by atoms with Gasteiger partial charge in [-0.2, -0.15) is 0 Å². The Morgan fingerprint density at radius 1 is 1.27 bits per heavy atom. The molecule has 0 fully saturated rings. The molecule has 0 unspecified atom stereocenters. The zero-order chi connectivity index (χ0) is 8.01. The number of nitrogens with two attached hydrogens (primary N) is 1. The first-order valence-corrected chi connectivity index (χ1v) is 3.56. The second-order valence-corrected chi connectivity index (χ2v) is 2.86. The van der Waals surface area contributed by atoms with Gasteiger partial charge in [-0.1, -0.05) is 0 Å². The van der Waals surface area contributed by atoms with Crippen LogP contribution in [0.4, 0.5) is 5.69 Å². The molecule has 0 saturated heterocycles. The Morgan fingerprint density at radius 2 is 2.00 bits per heavy atom. The average molecular weight is 149 g/mol. The Kier molecular flexibility index (Phi) is 1.04. The van der Waals surface area contributed by atoms with Crippen LogP contribution in [0, 0.1) is 0 Å². The third kappa shape index (κ3) is 0.677. The predicted octanol–water partition coefficient (Wildman–Crippen LogP) is 1.10. The molecule has 2 rings (SSSR count). The van der Waals surface area contributed by atoms with Crippen molar-refractivity contribution in [3.8, 4) is 0 Å². The third-order valence-electron chi connectivity index (χ3n) is 2.04. The molecule has 0 amide bonds. The van der Waals surface area contributed by atoms with Gasteiger partial charge in [-0.3, -0.25) is 0 Å². The maximum absolute atomic E-state index is 5.78. The summed E-state index contributed by atoms with van der Waals surface area (Å²) in [5.74, 6) is 0. The number of nitrogens with zero attached hydrogens (tertiary/aromatic N) is 2. The van der Waals surface area contributed by atoms with Crippen LogP contribution in [0.15, 0.2) is 18.5 Å². The van der Waals surface area contributed by atoms with Gasteiger partial charge in [0.05, 0.1) is 16.7 Å². The van der Waals surface area contributed by atoms with Gasteiger partial charge < -0.3 is 14.9 Å². The fraction of sp³-hybridized carbons (Fsp3) is 0.250. The summed E-state index contributed by atoms with van der Waals surface area (Å²) in [4.78, 5) is 0. The lowest BCUT2D eigenvalue weighted by Crippen LogP contribution is -1.87. The summed E-state index contributed by atoms with van der Waals surface area (Å²) in [5, 5.41) is 0. The molecule has 0 saturated carbocycles. The quantitative estimate of drug-likeness (QED) is 0.598. The normalized spacial score (nSPS) is 11.1. The Bertz CT molecular complexity index is 395. The van der Waals surface area contributed by atoms with Gasteiger partial charge >= 0.3 is 0 Å². The Morgan fingerprint density at radius 3 is 2.64 bits per heavy atom. The van der Waals surface area contributed by atoms with Crippen molar-refractivity contribution in [3.05, 3.63) is 18.5 Å². The van der Waals surface area contributed by atoms with Gasteiger partial charge in [-0.15, -0.1) is 0 Å². The molecule has 2 heterocycles. The molecule has 0 spiro atoms. The molecule has 0 aliphatic rings. The van der Waals surface area contributed by atoms with Gasteiger partial charge in [0.25, 0.3) is 0 Å². The van der Waals surface area contributed by atoms with Gasteiger partial charge in [-0.25, -0.2) is 0 Å². The monoisotopic (exact) mass is 149 g/mol. The van der Waals surface area contributed by atoms with Crippen LogP contribution >= 0.6 is 0 Å². The van der Waals surface area contributed by atoms with Crippen molar-refractivity contribution in [2.45, 2.75) is 0 Å². The fourth-order valence-corrected chi connectivity index (χ4v) is 1.49. The van der Waals surface area contributed by atoms with E-state index in [1.54, 1.807) is 0 Å². The minimum Gasteiger partial charge on any atom is -0.396 e. The van der Waals surface area contributed by atoms with Crippen LogP contribution in [0.3, 0.4) is 0 Å². The fourth-order valence-electron chi connectivity index (χ4n) is 1.49. The van der Waals surface area contributed by atoms with Crippen LogP contribution in [0.5, 0.6) is 0 Å². The van der Waals surface area contributed by atoms with Gasteiger partial charge in [0, 0.05) is 26.5 Å². The molecule has 3 heteroatoms. The van der Waals surface area contributed by atoms with E-state index in [2.05, 4.69) is 6.07 Å². The molecule has 0 bridgehead atoms. The Labute approximate surface area is 65.0 Å². The van der Waals surface area contributed by atoms with E-state index in [0.717, 1.165) is 11.2 Å². The predicted molar refractivity (Wildman–Crippen MR) is 46.3 cm³/mol. The van der Waals surface area contributed by atoms with Crippen LogP contribution in [0.25, 0.3) is 11.0 Å². The summed E-state index contributed by atoms with van der Waals surface area (Å²) in [6, 6.07) is 2.06. The molecule has 0 radical (unpaired) electrons. The van der Waals surface area contributed by atoms with Crippen molar-refractivity contribution >= 4 is 16.7 Å². The summed E-state index contributed by atoms with van der Waals surface area (Å²) in [6.45, 7) is 0. The molecule has 0 aliphatic carbocycles. The van der Waals surface area contributed by atoms with Crippen molar-refractivity contribution in [1.29, 1.82) is 0 Å². The molecule has 3 nitrogen and oxygen atoms in total. The molecule has 0 aromatic carbocycles. The topological polar surface area (TPSA) is 35.9 Å². The summed E-state index contributed by atoms with van der Waals surface area (Å²) >= 11 is 0. The van der Waals surface area contributed by atoms with Crippen molar-refractivity contribution in [2.24, 2.45) is 14.1 Å². The largest absolute Gasteiger partial charge is 0.396 e. The summed E-state index contributed by atoms with van der Waals surface area (Å²) < 4.78 is 4.06. The molecule has 0 aliphatic heterocycles. The highest BCUT2D eigenvalue weighted by Crippen LogP contribution is 2.22. The van der Waals surface area contributed by atoms with Crippen molar-refractivity contribution in [1.82, 2.24) is 9.13 Å². The van der Waals surface area contributed by atoms with Gasteiger partial charge in [0.15, 0.2) is 0 Å². The number of nitrogen functional groups attached to an aromatic ring is 1. The summed E-state index contributed by atoms with van der Waals surface area (Å²) in [6.07, 6.45) is 3.95. The number of anilines is 1. The molecular formula is C8H11N3. The maximum atomic E-state index is 5.78. The molecule has 2 aromatic rings. The van der Waals surface area contributed by atoms with E-state index in [1.807, 2.05) is 35.6 Å². The molecule has 2 aromatic heterocycles. The number of hydrogen-bond donors (Lipinski definition) is 1. The minimum atomic E-state index is 0.843. The molecule has 11 heavy (non-hydrogen) atoms. The van der Waals surface area contributed by atoms with E-state index in [1.165, 1.54) is 5.52 Å². The van der Waals surface area contributed by atoms with Crippen LogP contribution < -0.4 is 5.73 Å². The van der Waals surface area contributed by atoms with Crippen LogP contribution in [0.2, 0.25) is 0 Å². The number of fused-ring (bicyclic) bond motifs is 1. The zero-order valence-corrected chi connectivity index (χ0v) is 6.70. The lowest BCUT2D eigenvalue weighted by Gasteiger charge is -1.91. The minimum absolute atomic E-state index is 0.843. The number of rotatable bonds is 0. The van der Waals surface area contributed by atoms with Crippen LogP contribution in [-0.2, 0) is 14.1 Å². The highest BCUT2D eigenvalue weighted by molar-refractivity contribution is 5.89. The highest BCUT2D eigenvalue weighted by atomic mass is 15.0. The number of hydrogen-bond acceptors (Lipinski definition) is 1. The first kappa shape index (κ1) is 6.34. The lowest BCUT2D eigenvalue weighted by atomic mass is 10.4. The van der Waals surface area contributed by atoms with E-state index in [9.17, 15) is 0 Å². The standard InChI is InChI=1S/C8H11N3/c1-10-4-3-7-8(10)6(9)5-11(7)2/h3-5H,9H2,1-2H3. The summed E-state index contributed by atoms with van der Waals surface area (Å²) in [7, 11) is 4.00. The number of aryl methyl sites for hydroxylation is 2. The van der Waals surface area contributed by atoms with Gasteiger partial charge in [0.1, 0.15) is 0 Å². The van der Waals surface area contributed by atoms with Gasteiger partial charge in [0.2, 0.25) is 0 Å². The maximum Gasteiger partial charge on any atom is 0.0893 e. The van der Waals surface area contributed by atoms with Crippen molar-refractivity contribution in [3.63, 3.8) is 0 Å². The van der Waals surface area contributed by atoms with Crippen molar-refractivity contribution < 1.29 is 0 Å².